The lowest BCUT2D eigenvalue weighted by atomic mass is 9.95. The second-order valence-electron chi connectivity index (χ2n) is 12.5. The van der Waals surface area contributed by atoms with E-state index in [2.05, 4.69) is 20.1 Å². The van der Waals surface area contributed by atoms with E-state index in [4.69, 9.17) is 9.72 Å². The topological polar surface area (TPSA) is 73.8 Å². The van der Waals surface area contributed by atoms with Gasteiger partial charge < -0.3 is 20.1 Å². The van der Waals surface area contributed by atoms with Crippen LogP contribution in [0.1, 0.15) is 32.1 Å². The van der Waals surface area contributed by atoms with Gasteiger partial charge in [0.1, 0.15) is 29.9 Å². The van der Waals surface area contributed by atoms with Gasteiger partial charge in [0.05, 0.1) is 5.54 Å². The van der Waals surface area contributed by atoms with Crippen molar-refractivity contribution in [3.8, 4) is 22.9 Å². The van der Waals surface area contributed by atoms with Gasteiger partial charge in [-0.3, -0.25) is 4.90 Å². The molecule has 0 aliphatic carbocycles. The number of aromatic nitrogens is 2. The molecule has 0 amide bonds. The number of aromatic hydroxyl groups is 1. The van der Waals surface area contributed by atoms with Crippen molar-refractivity contribution < 1.29 is 27.4 Å². The Kier molecular flexibility index (Phi) is 6.20. The van der Waals surface area contributed by atoms with E-state index in [9.17, 15) is 13.9 Å². The minimum Gasteiger partial charge on any atom is -0.508 e. The molecule has 3 aromatic carbocycles. The average molecular weight is 594 g/mol. The van der Waals surface area contributed by atoms with Gasteiger partial charge in [-0.15, -0.1) is 0 Å². The first-order chi connectivity index (χ1) is 20.8. The zero-order chi connectivity index (χ0) is 29.5. The number of benzene rings is 3. The fraction of sp³-hybridized carbons (Fsp3) is 0.438. The summed E-state index contributed by atoms with van der Waals surface area (Å²) in [6.45, 7) is 2.75. The van der Waals surface area contributed by atoms with Crippen molar-refractivity contribution in [1.82, 2.24) is 20.2 Å². The number of hydrogen-bond acceptors (Lipinski definition) is 7. The molecular formula is C32H31F4N5O2. The van der Waals surface area contributed by atoms with E-state index in [-0.39, 0.29) is 45.8 Å². The van der Waals surface area contributed by atoms with Crippen molar-refractivity contribution in [2.24, 2.45) is 0 Å². The Balaban J connectivity index is 1.26. The molecule has 0 saturated carbocycles. The van der Waals surface area contributed by atoms with Crippen molar-refractivity contribution in [3.05, 3.63) is 53.8 Å². The van der Waals surface area contributed by atoms with Crippen LogP contribution in [0.3, 0.4) is 0 Å². The normalized spacial score (nSPS) is 27.0. The van der Waals surface area contributed by atoms with Crippen LogP contribution < -0.4 is 15.0 Å². The van der Waals surface area contributed by atoms with Gasteiger partial charge in [0, 0.05) is 54.5 Å². The molecule has 2 bridgehead atoms. The molecular weight excluding hydrogens is 562 g/mol. The Hall–Kier alpha value is -3.70. The maximum absolute atomic E-state index is 16.6. The quantitative estimate of drug-likeness (QED) is 0.298. The van der Waals surface area contributed by atoms with Crippen molar-refractivity contribution in [3.63, 3.8) is 0 Å². The zero-order valence-corrected chi connectivity index (χ0v) is 23.4. The smallest absolute Gasteiger partial charge is 0.319 e. The maximum atomic E-state index is 16.6. The van der Waals surface area contributed by atoms with E-state index >= 15 is 8.78 Å². The number of phenols is 1. The second kappa shape index (κ2) is 9.92. The van der Waals surface area contributed by atoms with Crippen LogP contribution in [0, 0.1) is 17.5 Å². The predicted molar refractivity (Wildman–Crippen MR) is 155 cm³/mol. The monoisotopic (exact) mass is 593 g/mol. The summed E-state index contributed by atoms with van der Waals surface area (Å²) in [5, 5.41) is 14.6. The lowest BCUT2D eigenvalue weighted by Crippen LogP contribution is -2.51. The molecule has 4 aromatic rings. The molecule has 0 radical (unpaired) electrons. The molecule has 2 unspecified atom stereocenters. The van der Waals surface area contributed by atoms with Gasteiger partial charge in [-0.25, -0.2) is 17.6 Å². The number of piperazine rings is 1. The average Bonchev–Trinajstić information content (AvgIpc) is 3.63. The van der Waals surface area contributed by atoms with Crippen LogP contribution in [0.25, 0.3) is 32.8 Å². The summed E-state index contributed by atoms with van der Waals surface area (Å²) in [7, 11) is 0. The highest BCUT2D eigenvalue weighted by Gasteiger charge is 2.49. The summed E-state index contributed by atoms with van der Waals surface area (Å²) in [5.74, 6) is -2.63. The molecule has 4 atom stereocenters. The minimum absolute atomic E-state index is 0.00838. The van der Waals surface area contributed by atoms with Crippen LogP contribution in [0.5, 0.6) is 11.8 Å². The van der Waals surface area contributed by atoms with Crippen LogP contribution in [0.4, 0.5) is 23.4 Å². The first-order valence-corrected chi connectivity index (χ1v) is 14.9. The SMILES string of the molecule is Oc1cc(-c2ccc3c(N4CC5CCC(C4)N5)nc(OC[C@@]45CCCN4C[C@H](F)C5)nc3c2F)c2c(F)c(F)ccc2c1. The molecule has 0 spiro atoms. The largest absolute Gasteiger partial charge is 0.508 e. The fourth-order valence-electron chi connectivity index (χ4n) is 7.85. The number of nitrogens with one attached hydrogen (secondary N) is 1. The standard InChI is InChI=1S/C32H31F4N5O2/c33-18-12-32(8-1-9-41(32)13-18)16-43-31-38-29-23(30(39-31)40-14-19-3-4-20(15-40)37-19)6-5-22(27(29)35)24-11-21(42)10-17-2-7-25(34)28(36)26(17)24/h2,5-7,10-11,18-20,37,42H,1,3-4,8-9,12-16H2/t18-,19?,20?,32+/m1/s1. The molecule has 7 nitrogen and oxygen atoms in total. The lowest BCUT2D eigenvalue weighted by molar-refractivity contribution is 0.107. The lowest BCUT2D eigenvalue weighted by Gasteiger charge is -2.34. The molecule has 11 heteroatoms. The summed E-state index contributed by atoms with van der Waals surface area (Å²) in [6.07, 6.45) is 3.30. The zero-order valence-electron chi connectivity index (χ0n) is 23.4. The summed E-state index contributed by atoms with van der Waals surface area (Å²) < 4.78 is 66.6. The van der Waals surface area contributed by atoms with E-state index in [0.29, 0.717) is 49.3 Å². The van der Waals surface area contributed by atoms with Gasteiger partial charge in [0.25, 0.3) is 0 Å². The van der Waals surface area contributed by atoms with Gasteiger partial charge in [0.2, 0.25) is 0 Å². The van der Waals surface area contributed by atoms with E-state index < -0.39 is 29.2 Å². The van der Waals surface area contributed by atoms with Crippen LogP contribution in [-0.2, 0) is 0 Å². The highest BCUT2D eigenvalue weighted by atomic mass is 19.2. The number of nitrogens with zero attached hydrogens (tertiary/aromatic N) is 4. The first-order valence-electron chi connectivity index (χ1n) is 14.9. The summed E-state index contributed by atoms with van der Waals surface area (Å²) >= 11 is 0. The van der Waals surface area contributed by atoms with Gasteiger partial charge in [-0.05, 0) is 67.4 Å². The number of hydrogen-bond donors (Lipinski definition) is 2. The number of phenolic OH excluding ortho intramolecular Hbond substituents is 1. The molecule has 224 valence electrons. The molecule has 8 rings (SSSR count). The van der Waals surface area contributed by atoms with Crippen molar-refractivity contribution in [2.45, 2.75) is 55.9 Å². The summed E-state index contributed by atoms with van der Waals surface area (Å²) in [4.78, 5) is 13.5. The molecule has 4 fully saturated rings. The number of alkyl halides is 1. The summed E-state index contributed by atoms with van der Waals surface area (Å²) in [6, 6.07) is 8.61. The second-order valence-corrected chi connectivity index (χ2v) is 12.5. The van der Waals surface area contributed by atoms with Gasteiger partial charge >= 0.3 is 6.01 Å². The van der Waals surface area contributed by atoms with E-state index in [1.54, 1.807) is 6.07 Å². The number of rotatable bonds is 5. The third-order valence-corrected chi connectivity index (χ3v) is 9.80. The van der Waals surface area contributed by atoms with Crippen LogP contribution in [0.2, 0.25) is 0 Å². The highest BCUT2D eigenvalue weighted by Crippen LogP contribution is 2.42. The van der Waals surface area contributed by atoms with Crippen LogP contribution in [-0.4, -0.2) is 76.6 Å². The van der Waals surface area contributed by atoms with E-state index in [1.165, 1.54) is 24.3 Å². The molecule has 1 aromatic heterocycles. The fourth-order valence-corrected chi connectivity index (χ4v) is 7.85. The molecule has 4 saturated heterocycles. The predicted octanol–water partition coefficient (Wildman–Crippen LogP) is 5.47. The van der Waals surface area contributed by atoms with E-state index in [0.717, 1.165) is 38.3 Å². The molecule has 43 heavy (non-hydrogen) atoms. The summed E-state index contributed by atoms with van der Waals surface area (Å²) in [5.41, 5.74) is -0.485. The van der Waals surface area contributed by atoms with Crippen molar-refractivity contribution in [2.75, 3.05) is 37.7 Å². The van der Waals surface area contributed by atoms with E-state index in [1.807, 2.05) is 0 Å². The molecule has 2 N–H and O–H groups in total. The Morgan fingerprint density at radius 2 is 1.79 bits per heavy atom. The number of anilines is 1. The Labute approximate surface area is 245 Å². The van der Waals surface area contributed by atoms with Crippen molar-refractivity contribution >= 4 is 27.5 Å². The molecule has 4 aliphatic rings. The number of fused-ring (bicyclic) bond motifs is 5. The Bertz CT molecular complexity index is 1760. The Morgan fingerprint density at radius 1 is 0.977 bits per heavy atom. The highest BCUT2D eigenvalue weighted by molar-refractivity contribution is 6.01. The third kappa shape index (κ3) is 4.38. The number of ether oxygens (including phenoxy) is 1. The van der Waals surface area contributed by atoms with Gasteiger partial charge in [-0.1, -0.05) is 12.1 Å². The maximum Gasteiger partial charge on any atom is 0.319 e. The van der Waals surface area contributed by atoms with Crippen LogP contribution >= 0.6 is 0 Å². The minimum atomic E-state index is -1.13. The molecule has 4 aliphatic heterocycles. The Morgan fingerprint density at radius 3 is 2.60 bits per heavy atom. The third-order valence-electron chi connectivity index (χ3n) is 9.80. The van der Waals surface area contributed by atoms with Crippen LogP contribution in [0.15, 0.2) is 36.4 Å². The van der Waals surface area contributed by atoms with Crippen molar-refractivity contribution in [1.29, 1.82) is 0 Å². The van der Waals surface area contributed by atoms with Gasteiger partial charge in [0.15, 0.2) is 17.5 Å². The first kappa shape index (κ1) is 26.9. The van der Waals surface area contributed by atoms with Gasteiger partial charge in [-0.2, -0.15) is 9.97 Å². The number of halogens is 4. The molecule has 5 heterocycles.